The fourth-order valence-corrected chi connectivity index (χ4v) is 3.84. The van der Waals surface area contributed by atoms with Gasteiger partial charge in [-0.05, 0) is 43.0 Å². The molecule has 27 heavy (non-hydrogen) atoms. The van der Waals surface area contributed by atoms with E-state index in [9.17, 15) is 4.79 Å². The second-order valence-electron chi connectivity index (χ2n) is 7.41. The largest absolute Gasteiger partial charge is 0.361 e. The Morgan fingerprint density at radius 1 is 1.19 bits per heavy atom. The number of amides is 1. The number of aromatic amines is 1. The maximum Gasteiger partial charge on any atom is 0.278 e. The molecule has 2 atom stereocenters. The molecule has 4 N–H and O–H groups in total. The molecule has 1 amide bonds. The number of quaternary nitrogens is 1. The second-order valence-corrected chi connectivity index (χ2v) is 7.81. The molecule has 5 heteroatoms. The molecule has 1 saturated carbocycles. The van der Waals surface area contributed by atoms with Gasteiger partial charge in [0.15, 0.2) is 6.04 Å². The van der Waals surface area contributed by atoms with Crippen molar-refractivity contribution in [3.05, 3.63) is 70.9 Å². The molecule has 4 nitrogen and oxygen atoms in total. The van der Waals surface area contributed by atoms with Crippen LogP contribution >= 0.6 is 11.6 Å². The molecule has 0 spiro atoms. The van der Waals surface area contributed by atoms with E-state index in [0.717, 1.165) is 35.5 Å². The van der Waals surface area contributed by atoms with Gasteiger partial charge in [-0.25, -0.2) is 0 Å². The molecule has 140 valence electrons. The molecule has 1 aromatic heterocycles. The molecule has 0 bridgehead atoms. The van der Waals surface area contributed by atoms with Crippen molar-refractivity contribution in [3.63, 3.8) is 0 Å². The normalized spacial score (nSPS) is 16.2. The molecule has 0 aliphatic heterocycles. The number of carbonyl (C=O) groups excluding carboxylic acids is 1. The Kier molecular flexibility index (Phi) is 5.19. The van der Waals surface area contributed by atoms with Crippen LogP contribution in [-0.4, -0.2) is 29.5 Å². The van der Waals surface area contributed by atoms with Crippen molar-refractivity contribution in [2.24, 2.45) is 0 Å². The van der Waals surface area contributed by atoms with Crippen LogP contribution in [0, 0.1) is 0 Å². The lowest BCUT2D eigenvalue weighted by Crippen LogP contribution is -2.92. The predicted octanol–water partition coefficient (Wildman–Crippen LogP) is 3.18. The van der Waals surface area contributed by atoms with Crippen molar-refractivity contribution in [2.45, 2.75) is 37.8 Å². The lowest BCUT2D eigenvalue weighted by atomic mass is 9.90. The average Bonchev–Trinajstić information content (AvgIpc) is 3.39. The van der Waals surface area contributed by atoms with Gasteiger partial charge in [0.05, 0.1) is 12.5 Å². The van der Waals surface area contributed by atoms with Crippen LogP contribution in [0.1, 0.15) is 36.8 Å². The van der Waals surface area contributed by atoms with Crippen LogP contribution in [0.5, 0.6) is 0 Å². The van der Waals surface area contributed by atoms with Crippen LogP contribution in [-0.2, 0) is 4.79 Å². The van der Waals surface area contributed by atoms with Crippen molar-refractivity contribution >= 4 is 28.4 Å². The number of fused-ring (bicyclic) bond motifs is 1. The molecular weight excluding hydrogens is 358 g/mol. The van der Waals surface area contributed by atoms with Gasteiger partial charge >= 0.3 is 0 Å². The first-order valence-electron chi connectivity index (χ1n) is 9.57. The SMILES string of the molecule is C[C@@H]([NH2+]C[C@@H](c1ccccc1Cl)c1c[nH]c2ccccc12)C(=O)NC1CC1. The minimum Gasteiger partial charge on any atom is -0.361 e. The maximum absolute atomic E-state index is 12.3. The van der Waals surface area contributed by atoms with E-state index in [4.69, 9.17) is 11.6 Å². The Morgan fingerprint density at radius 2 is 1.93 bits per heavy atom. The number of nitrogens with two attached hydrogens (primary N) is 1. The van der Waals surface area contributed by atoms with Crippen molar-refractivity contribution in [2.75, 3.05) is 6.54 Å². The van der Waals surface area contributed by atoms with E-state index in [0.29, 0.717) is 6.04 Å². The summed E-state index contributed by atoms with van der Waals surface area (Å²) in [5.74, 6) is 0.223. The predicted molar refractivity (Wildman–Crippen MR) is 109 cm³/mol. The molecule has 1 fully saturated rings. The van der Waals surface area contributed by atoms with Gasteiger partial charge in [0, 0.05) is 28.2 Å². The Labute approximate surface area is 164 Å². The number of H-pyrrole nitrogens is 1. The van der Waals surface area contributed by atoms with Crippen molar-refractivity contribution in [1.29, 1.82) is 0 Å². The molecule has 1 heterocycles. The smallest absolute Gasteiger partial charge is 0.278 e. The molecule has 2 aromatic carbocycles. The lowest BCUT2D eigenvalue weighted by molar-refractivity contribution is -0.674. The number of hydrogen-bond donors (Lipinski definition) is 3. The summed E-state index contributed by atoms with van der Waals surface area (Å²) in [6.07, 6.45) is 4.29. The van der Waals surface area contributed by atoms with E-state index in [2.05, 4.69) is 46.1 Å². The highest BCUT2D eigenvalue weighted by Gasteiger charge is 2.28. The fraction of sp³-hybridized carbons (Fsp3) is 0.318. The average molecular weight is 383 g/mol. The Morgan fingerprint density at radius 3 is 2.70 bits per heavy atom. The number of carbonyl (C=O) groups is 1. The Bertz CT molecular complexity index is 947. The Balaban J connectivity index is 1.60. The van der Waals surface area contributed by atoms with Crippen molar-refractivity contribution in [3.8, 4) is 0 Å². The first kappa shape index (κ1) is 18.1. The van der Waals surface area contributed by atoms with Crippen LogP contribution < -0.4 is 10.6 Å². The highest BCUT2D eigenvalue weighted by atomic mass is 35.5. The van der Waals surface area contributed by atoms with Gasteiger partial charge in [-0.1, -0.05) is 48.0 Å². The topological polar surface area (TPSA) is 61.5 Å². The Hall–Kier alpha value is -2.30. The van der Waals surface area contributed by atoms with Crippen LogP contribution in [0.2, 0.25) is 5.02 Å². The molecule has 3 aromatic rings. The standard InChI is InChI=1S/C22H24ClN3O/c1-14(22(27)26-15-10-11-15)24-12-18(16-6-2-4-8-20(16)23)19-13-25-21-9-5-3-7-17(19)21/h2-9,13-15,18,24-25H,10-12H2,1H3,(H,26,27)/p+1/t14-,18+/m1/s1. The molecule has 0 radical (unpaired) electrons. The molecule has 1 aliphatic carbocycles. The van der Waals surface area contributed by atoms with Gasteiger partial charge in [0.25, 0.3) is 5.91 Å². The third kappa shape index (κ3) is 4.02. The van der Waals surface area contributed by atoms with E-state index >= 15 is 0 Å². The second kappa shape index (κ2) is 7.75. The van der Waals surface area contributed by atoms with Crippen LogP contribution in [0.3, 0.4) is 0 Å². The van der Waals surface area contributed by atoms with E-state index in [-0.39, 0.29) is 17.9 Å². The summed E-state index contributed by atoms with van der Waals surface area (Å²) in [5, 5.41) is 7.17. The minimum atomic E-state index is -0.124. The summed E-state index contributed by atoms with van der Waals surface area (Å²) >= 11 is 6.54. The van der Waals surface area contributed by atoms with Gasteiger partial charge in [0.2, 0.25) is 0 Å². The zero-order valence-electron chi connectivity index (χ0n) is 15.4. The summed E-state index contributed by atoms with van der Waals surface area (Å²) in [6, 6.07) is 16.6. The number of halogens is 1. The van der Waals surface area contributed by atoms with Gasteiger partial charge < -0.3 is 15.6 Å². The first-order valence-corrected chi connectivity index (χ1v) is 9.95. The summed E-state index contributed by atoms with van der Waals surface area (Å²) in [5.41, 5.74) is 3.42. The first-order chi connectivity index (χ1) is 13.1. The fourth-order valence-electron chi connectivity index (χ4n) is 3.57. The molecule has 0 unspecified atom stereocenters. The van der Waals surface area contributed by atoms with E-state index < -0.39 is 0 Å². The zero-order chi connectivity index (χ0) is 18.8. The highest BCUT2D eigenvalue weighted by molar-refractivity contribution is 6.31. The maximum atomic E-state index is 12.3. The summed E-state index contributed by atoms with van der Waals surface area (Å²) in [7, 11) is 0. The van der Waals surface area contributed by atoms with E-state index in [1.54, 1.807) is 0 Å². The number of aromatic nitrogens is 1. The molecule has 4 rings (SSSR count). The number of rotatable bonds is 7. The molecular formula is C22H25ClN3O+. The minimum absolute atomic E-state index is 0.103. The van der Waals surface area contributed by atoms with Crippen molar-refractivity contribution < 1.29 is 10.1 Å². The number of hydrogen-bond acceptors (Lipinski definition) is 1. The summed E-state index contributed by atoms with van der Waals surface area (Å²) in [4.78, 5) is 15.7. The number of para-hydroxylation sites is 1. The summed E-state index contributed by atoms with van der Waals surface area (Å²) < 4.78 is 0. The van der Waals surface area contributed by atoms with Gasteiger partial charge in [0.1, 0.15) is 0 Å². The van der Waals surface area contributed by atoms with Crippen LogP contribution in [0.15, 0.2) is 54.7 Å². The van der Waals surface area contributed by atoms with Crippen LogP contribution in [0.25, 0.3) is 10.9 Å². The van der Waals surface area contributed by atoms with Gasteiger partial charge in [-0.3, -0.25) is 4.79 Å². The van der Waals surface area contributed by atoms with Gasteiger partial charge in [-0.2, -0.15) is 0 Å². The van der Waals surface area contributed by atoms with E-state index in [1.807, 2.05) is 31.2 Å². The van der Waals surface area contributed by atoms with Crippen molar-refractivity contribution in [1.82, 2.24) is 10.3 Å². The number of benzene rings is 2. The third-order valence-electron chi connectivity index (χ3n) is 5.34. The quantitative estimate of drug-likeness (QED) is 0.577. The lowest BCUT2D eigenvalue weighted by Gasteiger charge is -2.19. The molecule has 1 aliphatic rings. The van der Waals surface area contributed by atoms with Crippen LogP contribution in [0.4, 0.5) is 0 Å². The zero-order valence-corrected chi connectivity index (χ0v) is 16.2. The number of nitrogens with one attached hydrogen (secondary N) is 2. The third-order valence-corrected chi connectivity index (χ3v) is 5.68. The summed E-state index contributed by atoms with van der Waals surface area (Å²) in [6.45, 7) is 2.72. The van der Waals surface area contributed by atoms with E-state index in [1.165, 1.54) is 10.9 Å². The molecule has 0 saturated heterocycles. The monoisotopic (exact) mass is 382 g/mol. The highest BCUT2D eigenvalue weighted by Crippen LogP contribution is 2.33. The van der Waals surface area contributed by atoms with Gasteiger partial charge in [-0.15, -0.1) is 0 Å².